The molecule has 0 fully saturated rings. The molecule has 0 aliphatic rings. The first-order valence-corrected chi connectivity index (χ1v) is 7.43. The number of alkyl halides is 3. The molecule has 1 aromatic carbocycles. The summed E-state index contributed by atoms with van der Waals surface area (Å²) in [6, 6.07) is 8.08. The third-order valence-electron chi connectivity index (χ3n) is 2.82. The first-order valence-electron chi connectivity index (χ1n) is 6.45. The van der Waals surface area contributed by atoms with Gasteiger partial charge in [0.25, 0.3) is 0 Å². The number of rotatable bonds is 7. The molecule has 0 amide bonds. The van der Waals surface area contributed by atoms with Gasteiger partial charge < -0.3 is 5.73 Å². The van der Waals surface area contributed by atoms with Gasteiger partial charge in [0.2, 0.25) is 0 Å². The summed E-state index contributed by atoms with van der Waals surface area (Å²) in [6.45, 7) is 2.05. The summed E-state index contributed by atoms with van der Waals surface area (Å²) in [6.07, 6.45) is -2.80. The molecule has 1 aromatic rings. The van der Waals surface area contributed by atoms with Gasteiger partial charge in [-0.2, -0.15) is 13.2 Å². The van der Waals surface area contributed by atoms with E-state index in [1.807, 2.05) is 24.3 Å². The van der Waals surface area contributed by atoms with Gasteiger partial charge in [-0.3, -0.25) is 0 Å². The van der Waals surface area contributed by atoms with Crippen molar-refractivity contribution < 1.29 is 13.2 Å². The normalized spacial score (nSPS) is 13.5. The number of halogens is 3. The standard InChI is InChI=1S/C14H20F3NS/c1-2-12(18)10-11-4-6-13(7-5-11)19-9-3-8-14(15,16)17/h4-7,12H,2-3,8-10,18H2,1H3. The summed E-state index contributed by atoms with van der Waals surface area (Å²) in [5.74, 6) is 0.493. The van der Waals surface area contributed by atoms with Gasteiger partial charge in [-0.1, -0.05) is 19.1 Å². The molecule has 0 bridgehead atoms. The average molecular weight is 291 g/mol. The Kier molecular flexibility index (Phi) is 6.72. The summed E-state index contributed by atoms with van der Waals surface area (Å²) < 4.78 is 35.9. The van der Waals surface area contributed by atoms with Crippen molar-refractivity contribution in [3.63, 3.8) is 0 Å². The van der Waals surface area contributed by atoms with Gasteiger partial charge in [-0.25, -0.2) is 0 Å². The maximum absolute atomic E-state index is 12.0. The fourth-order valence-corrected chi connectivity index (χ4v) is 2.48. The van der Waals surface area contributed by atoms with Crippen LogP contribution < -0.4 is 5.73 Å². The van der Waals surface area contributed by atoms with Crippen molar-refractivity contribution in [3.05, 3.63) is 29.8 Å². The van der Waals surface area contributed by atoms with Crippen molar-refractivity contribution in [2.75, 3.05) is 5.75 Å². The van der Waals surface area contributed by atoms with Crippen molar-refractivity contribution in [1.29, 1.82) is 0 Å². The van der Waals surface area contributed by atoms with E-state index in [9.17, 15) is 13.2 Å². The summed E-state index contributed by atoms with van der Waals surface area (Å²) in [4.78, 5) is 1.01. The molecule has 0 aliphatic carbocycles. The van der Waals surface area contributed by atoms with Gasteiger partial charge in [-0.05, 0) is 42.7 Å². The first kappa shape index (κ1) is 16.4. The maximum atomic E-state index is 12.0. The lowest BCUT2D eigenvalue weighted by Gasteiger charge is -2.09. The molecule has 0 saturated heterocycles. The van der Waals surface area contributed by atoms with Crippen LogP contribution in [0.25, 0.3) is 0 Å². The van der Waals surface area contributed by atoms with Crippen LogP contribution in [0.5, 0.6) is 0 Å². The van der Waals surface area contributed by atoms with Crippen molar-refractivity contribution in [1.82, 2.24) is 0 Å². The number of thioether (sulfide) groups is 1. The fraction of sp³-hybridized carbons (Fsp3) is 0.571. The molecule has 2 N–H and O–H groups in total. The second kappa shape index (κ2) is 7.80. The molecule has 0 aromatic heterocycles. The Morgan fingerprint density at radius 3 is 2.37 bits per heavy atom. The molecular weight excluding hydrogens is 271 g/mol. The van der Waals surface area contributed by atoms with Crippen LogP contribution in [0.4, 0.5) is 13.2 Å². The van der Waals surface area contributed by atoms with Crippen molar-refractivity contribution in [2.24, 2.45) is 5.73 Å². The first-order chi connectivity index (χ1) is 8.90. The molecular formula is C14H20F3NS. The Hall–Kier alpha value is -0.680. The summed E-state index contributed by atoms with van der Waals surface area (Å²) in [5, 5.41) is 0. The molecule has 0 saturated carbocycles. The van der Waals surface area contributed by atoms with Crippen LogP contribution in [0.1, 0.15) is 31.7 Å². The lowest BCUT2D eigenvalue weighted by atomic mass is 10.1. The predicted octanol–water partition coefficient (Wildman–Crippen LogP) is 4.40. The summed E-state index contributed by atoms with van der Waals surface area (Å²) in [7, 11) is 0. The molecule has 1 rings (SSSR count). The third kappa shape index (κ3) is 7.47. The number of benzene rings is 1. The Morgan fingerprint density at radius 1 is 1.21 bits per heavy atom. The minimum atomic E-state index is -4.04. The second-order valence-corrected chi connectivity index (χ2v) is 5.75. The second-order valence-electron chi connectivity index (χ2n) is 4.58. The zero-order chi connectivity index (χ0) is 14.3. The molecule has 1 unspecified atom stereocenters. The van der Waals surface area contributed by atoms with E-state index in [-0.39, 0.29) is 12.5 Å². The van der Waals surface area contributed by atoms with Crippen molar-refractivity contribution >= 4 is 11.8 Å². The van der Waals surface area contributed by atoms with Crippen LogP contribution in [-0.2, 0) is 6.42 Å². The van der Waals surface area contributed by atoms with Crippen LogP contribution in [-0.4, -0.2) is 18.0 Å². The monoisotopic (exact) mass is 291 g/mol. The quantitative estimate of drug-likeness (QED) is 0.595. The molecule has 0 aliphatic heterocycles. The Labute approximate surface area is 116 Å². The van der Waals surface area contributed by atoms with Crippen LogP contribution >= 0.6 is 11.8 Å². The van der Waals surface area contributed by atoms with E-state index in [1.165, 1.54) is 17.3 Å². The molecule has 0 radical (unpaired) electrons. The summed E-state index contributed by atoms with van der Waals surface area (Å²) in [5.41, 5.74) is 7.05. The minimum Gasteiger partial charge on any atom is -0.327 e. The lowest BCUT2D eigenvalue weighted by Crippen LogP contribution is -2.21. The van der Waals surface area contributed by atoms with Gasteiger partial charge >= 0.3 is 6.18 Å². The van der Waals surface area contributed by atoms with E-state index in [0.29, 0.717) is 5.75 Å². The van der Waals surface area contributed by atoms with Crippen LogP contribution in [0, 0.1) is 0 Å². The highest BCUT2D eigenvalue weighted by atomic mass is 32.2. The number of hydrogen-bond donors (Lipinski definition) is 1. The SMILES string of the molecule is CCC(N)Cc1ccc(SCCCC(F)(F)F)cc1. The third-order valence-corrected chi connectivity index (χ3v) is 3.92. The average Bonchev–Trinajstić information content (AvgIpc) is 2.35. The van der Waals surface area contributed by atoms with Crippen LogP contribution in [0.15, 0.2) is 29.2 Å². The minimum absolute atomic E-state index is 0.163. The molecule has 0 heterocycles. The molecule has 0 spiro atoms. The Morgan fingerprint density at radius 2 is 1.84 bits per heavy atom. The molecule has 1 nitrogen and oxygen atoms in total. The smallest absolute Gasteiger partial charge is 0.327 e. The molecule has 1 atom stereocenters. The highest BCUT2D eigenvalue weighted by Gasteiger charge is 2.25. The van der Waals surface area contributed by atoms with E-state index in [0.717, 1.165) is 17.7 Å². The topological polar surface area (TPSA) is 26.0 Å². The van der Waals surface area contributed by atoms with E-state index in [2.05, 4.69) is 6.92 Å². The highest BCUT2D eigenvalue weighted by Crippen LogP contribution is 2.25. The zero-order valence-electron chi connectivity index (χ0n) is 11.0. The fourth-order valence-electron chi connectivity index (χ4n) is 1.63. The van der Waals surface area contributed by atoms with Gasteiger partial charge in [0.05, 0.1) is 0 Å². The molecule has 5 heteroatoms. The largest absolute Gasteiger partial charge is 0.389 e. The van der Waals surface area contributed by atoms with Crippen LogP contribution in [0.2, 0.25) is 0 Å². The van der Waals surface area contributed by atoms with Crippen molar-refractivity contribution in [3.8, 4) is 0 Å². The lowest BCUT2D eigenvalue weighted by molar-refractivity contribution is -0.134. The van der Waals surface area contributed by atoms with Gasteiger partial charge in [-0.15, -0.1) is 11.8 Å². The van der Waals surface area contributed by atoms with E-state index in [4.69, 9.17) is 5.73 Å². The van der Waals surface area contributed by atoms with Crippen LogP contribution in [0.3, 0.4) is 0 Å². The predicted molar refractivity (Wildman–Crippen MR) is 74.4 cm³/mol. The number of hydrogen-bond acceptors (Lipinski definition) is 2. The van der Waals surface area contributed by atoms with E-state index < -0.39 is 12.6 Å². The van der Waals surface area contributed by atoms with Gasteiger partial charge in [0, 0.05) is 17.4 Å². The van der Waals surface area contributed by atoms with Gasteiger partial charge in [0.1, 0.15) is 0 Å². The van der Waals surface area contributed by atoms with E-state index >= 15 is 0 Å². The Balaban J connectivity index is 2.32. The summed E-state index contributed by atoms with van der Waals surface area (Å²) >= 11 is 1.46. The number of nitrogens with two attached hydrogens (primary N) is 1. The highest BCUT2D eigenvalue weighted by molar-refractivity contribution is 7.99. The molecule has 108 valence electrons. The van der Waals surface area contributed by atoms with Gasteiger partial charge in [0.15, 0.2) is 0 Å². The molecule has 19 heavy (non-hydrogen) atoms. The Bertz CT molecular complexity index is 362. The van der Waals surface area contributed by atoms with Crippen molar-refractivity contribution in [2.45, 2.75) is 49.7 Å². The van der Waals surface area contributed by atoms with E-state index in [1.54, 1.807) is 0 Å². The zero-order valence-corrected chi connectivity index (χ0v) is 11.9. The maximum Gasteiger partial charge on any atom is 0.389 e.